The fourth-order valence-electron chi connectivity index (χ4n) is 1.51. The Kier molecular flexibility index (Phi) is 6.82. The minimum atomic E-state index is -4.39. The molecule has 0 unspecified atom stereocenters. The van der Waals surface area contributed by atoms with Crippen molar-refractivity contribution in [3.05, 3.63) is 53.8 Å². The predicted molar refractivity (Wildman–Crippen MR) is 82.1 cm³/mol. The Morgan fingerprint density at radius 3 is 2.59 bits per heavy atom. The largest absolute Gasteiger partial charge is 0.416 e. The van der Waals surface area contributed by atoms with E-state index < -0.39 is 11.7 Å². The van der Waals surface area contributed by atoms with Gasteiger partial charge in [0.2, 0.25) is 0 Å². The lowest BCUT2D eigenvalue weighted by atomic mass is 10.2. The van der Waals surface area contributed by atoms with Gasteiger partial charge < -0.3 is 4.98 Å². The van der Waals surface area contributed by atoms with Crippen LogP contribution in [0.1, 0.15) is 45.0 Å². The van der Waals surface area contributed by atoms with Gasteiger partial charge in [0.05, 0.1) is 11.3 Å². The molecule has 22 heavy (non-hydrogen) atoms. The van der Waals surface area contributed by atoms with Gasteiger partial charge in [-0.2, -0.15) is 13.2 Å². The van der Waals surface area contributed by atoms with Gasteiger partial charge in [-0.05, 0) is 38.0 Å². The summed E-state index contributed by atoms with van der Waals surface area (Å²) in [5, 5.41) is 0. The second-order valence-electron chi connectivity index (χ2n) is 4.68. The molecule has 0 aliphatic rings. The average Bonchev–Trinajstić information content (AvgIpc) is 2.59. The Hall–Kier alpha value is -2.11. The monoisotopic (exact) mass is 311 g/mol. The number of halogens is 3. The van der Waals surface area contributed by atoms with Crippen LogP contribution in [-0.4, -0.2) is 15.7 Å². The first kappa shape index (κ1) is 17.9. The molecule has 0 radical (unpaired) electrons. The van der Waals surface area contributed by atoms with E-state index in [2.05, 4.69) is 15.0 Å². The van der Waals surface area contributed by atoms with Crippen molar-refractivity contribution in [2.45, 2.75) is 39.8 Å². The molecule has 0 atom stereocenters. The third-order valence-electron chi connectivity index (χ3n) is 2.98. The molecule has 0 spiro atoms. The van der Waals surface area contributed by atoms with E-state index in [1.165, 1.54) is 18.5 Å². The normalized spacial score (nSPS) is 13.0. The van der Waals surface area contributed by atoms with Crippen molar-refractivity contribution in [3.8, 4) is 0 Å². The maximum absolute atomic E-state index is 12.7. The van der Waals surface area contributed by atoms with Crippen molar-refractivity contribution in [1.29, 1.82) is 0 Å². The van der Waals surface area contributed by atoms with Gasteiger partial charge >= 0.3 is 6.18 Å². The van der Waals surface area contributed by atoms with Crippen LogP contribution in [0.4, 0.5) is 13.2 Å². The standard InChI is InChI=1S/C16H20F3N3/c1-4-12(3)11-22-14(5-2)15-20-9-6-7-13(8-10-21-15)16(17,18)19/h6-11H,4-5H2,1-3H3,(H,20,21)/b9-6?,10-8?,12-11-,13-7?,22-14?. The molecule has 0 aliphatic carbocycles. The van der Waals surface area contributed by atoms with Crippen LogP contribution >= 0.6 is 0 Å². The molecule has 0 aromatic carbocycles. The zero-order valence-electron chi connectivity index (χ0n) is 12.9. The molecule has 0 saturated heterocycles. The molecular weight excluding hydrogens is 291 g/mol. The van der Waals surface area contributed by atoms with Crippen LogP contribution in [0.3, 0.4) is 0 Å². The molecule has 1 N–H and O–H groups in total. The van der Waals surface area contributed by atoms with Crippen LogP contribution in [0.15, 0.2) is 47.4 Å². The molecule has 0 amide bonds. The quantitative estimate of drug-likeness (QED) is 0.775. The minimum Gasteiger partial charge on any atom is -0.345 e. The van der Waals surface area contributed by atoms with E-state index in [-0.39, 0.29) is 0 Å². The fourth-order valence-corrected chi connectivity index (χ4v) is 1.51. The van der Waals surface area contributed by atoms with Gasteiger partial charge in [-0.3, -0.25) is 4.99 Å². The van der Waals surface area contributed by atoms with Crippen molar-refractivity contribution in [1.82, 2.24) is 9.97 Å². The number of alkyl halides is 3. The first-order valence-electron chi connectivity index (χ1n) is 7.06. The smallest absolute Gasteiger partial charge is 0.345 e. The number of aromatic nitrogens is 2. The average molecular weight is 311 g/mol. The highest BCUT2D eigenvalue weighted by Gasteiger charge is 2.29. The Morgan fingerprint density at radius 2 is 2.00 bits per heavy atom. The molecule has 3 nitrogen and oxygen atoms in total. The topological polar surface area (TPSA) is 41.0 Å². The molecule has 1 heterocycles. The first-order valence-corrected chi connectivity index (χ1v) is 7.06. The summed E-state index contributed by atoms with van der Waals surface area (Å²) < 4.78 is 38.1. The number of hydrogen-bond donors (Lipinski definition) is 1. The number of allylic oxidation sites excluding steroid dienone is 1. The van der Waals surface area contributed by atoms with Crippen molar-refractivity contribution in [3.63, 3.8) is 0 Å². The van der Waals surface area contributed by atoms with E-state index in [1.54, 1.807) is 6.20 Å². The Labute approximate surface area is 128 Å². The van der Waals surface area contributed by atoms with E-state index in [0.717, 1.165) is 24.1 Å². The van der Waals surface area contributed by atoms with E-state index in [0.29, 0.717) is 18.0 Å². The van der Waals surface area contributed by atoms with Gasteiger partial charge in [0.15, 0.2) is 5.82 Å². The highest BCUT2D eigenvalue weighted by atomic mass is 19.4. The van der Waals surface area contributed by atoms with E-state index in [9.17, 15) is 13.2 Å². The van der Waals surface area contributed by atoms with Crippen molar-refractivity contribution in [2.24, 2.45) is 4.99 Å². The summed E-state index contributed by atoms with van der Waals surface area (Å²) in [5.41, 5.74) is 1.05. The van der Waals surface area contributed by atoms with Gasteiger partial charge in [0.1, 0.15) is 0 Å². The number of nitrogens with zero attached hydrogens (tertiary/aromatic N) is 2. The van der Waals surface area contributed by atoms with Crippen LogP contribution in [0.25, 0.3) is 0 Å². The Bertz CT molecular complexity index is 597. The number of rotatable bonds is 4. The van der Waals surface area contributed by atoms with Gasteiger partial charge in [0, 0.05) is 18.6 Å². The molecule has 0 saturated carbocycles. The summed E-state index contributed by atoms with van der Waals surface area (Å²) in [7, 11) is 0. The highest BCUT2D eigenvalue weighted by molar-refractivity contribution is 5.97. The van der Waals surface area contributed by atoms with E-state index >= 15 is 0 Å². The van der Waals surface area contributed by atoms with Crippen LogP contribution in [-0.2, 0) is 6.18 Å². The molecule has 0 fully saturated rings. The number of aromatic amines is 1. The number of aliphatic imine (C=N–C) groups is 1. The highest BCUT2D eigenvalue weighted by Crippen LogP contribution is 2.27. The fraction of sp³-hybridized carbons (Fsp3) is 0.375. The zero-order chi connectivity index (χ0) is 16.6. The molecule has 0 aliphatic heterocycles. The van der Waals surface area contributed by atoms with Crippen molar-refractivity contribution in [2.75, 3.05) is 0 Å². The van der Waals surface area contributed by atoms with Crippen molar-refractivity contribution < 1.29 is 13.2 Å². The molecule has 0 bridgehead atoms. The lowest BCUT2D eigenvalue weighted by Gasteiger charge is -2.02. The summed E-state index contributed by atoms with van der Waals surface area (Å²) in [6.07, 6.45) is 1.41. The molecule has 6 heteroatoms. The molecule has 1 aromatic rings. The Morgan fingerprint density at radius 1 is 1.27 bits per heavy atom. The predicted octanol–water partition coefficient (Wildman–Crippen LogP) is 5.07. The van der Waals surface area contributed by atoms with Gasteiger partial charge in [-0.1, -0.05) is 19.4 Å². The number of H-pyrrole nitrogens is 1. The summed E-state index contributed by atoms with van der Waals surface area (Å²) in [6, 6.07) is 3.22. The third-order valence-corrected chi connectivity index (χ3v) is 2.98. The van der Waals surface area contributed by atoms with Gasteiger partial charge in [-0.15, -0.1) is 0 Å². The molecule has 120 valence electrons. The molecular formula is C16H20F3N3. The second-order valence-corrected chi connectivity index (χ2v) is 4.68. The second kappa shape index (κ2) is 8.36. The van der Waals surface area contributed by atoms with Crippen LogP contribution in [0.5, 0.6) is 0 Å². The summed E-state index contributed by atoms with van der Waals surface area (Å²) in [6.45, 7) is 5.91. The van der Waals surface area contributed by atoms with Gasteiger partial charge in [-0.25, -0.2) is 4.98 Å². The summed E-state index contributed by atoms with van der Waals surface area (Å²) in [5.74, 6) is 0.437. The maximum Gasteiger partial charge on any atom is 0.416 e. The molecule has 1 aromatic heterocycles. The lowest BCUT2D eigenvalue weighted by Crippen LogP contribution is -2.03. The third kappa shape index (κ3) is 5.71. The SMILES string of the molecule is CCC(=N/C=C(/C)CC)c1ncccc(C(F)(F)F)cc[nH]1. The van der Waals surface area contributed by atoms with Crippen LogP contribution < -0.4 is 0 Å². The summed E-state index contributed by atoms with van der Waals surface area (Å²) in [4.78, 5) is 11.3. The first-order chi connectivity index (χ1) is 10.4. The molecule has 1 rings (SSSR count). The summed E-state index contributed by atoms with van der Waals surface area (Å²) >= 11 is 0. The van der Waals surface area contributed by atoms with E-state index in [1.807, 2.05) is 20.8 Å². The lowest BCUT2D eigenvalue weighted by molar-refractivity contribution is -0.137. The maximum atomic E-state index is 12.7. The van der Waals surface area contributed by atoms with Crippen LogP contribution in [0, 0.1) is 0 Å². The van der Waals surface area contributed by atoms with Gasteiger partial charge in [0.25, 0.3) is 0 Å². The van der Waals surface area contributed by atoms with E-state index in [4.69, 9.17) is 0 Å². The van der Waals surface area contributed by atoms with Crippen molar-refractivity contribution >= 4 is 5.71 Å². The Balaban J connectivity index is 3.27. The number of nitrogens with one attached hydrogen (secondary N) is 1. The zero-order valence-corrected chi connectivity index (χ0v) is 12.9. The minimum absolute atomic E-state index is 0.437. The van der Waals surface area contributed by atoms with Crippen LogP contribution in [0.2, 0.25) is 0 Å². The number of hydrogen-bond acceptors (Lipinski definition) is 2.